The molecule has 0 bridgehead atoms. The largest absolute Gasteiger partial charge is 0.382 e. The van der Waals surface area contributed by atoms with E-state index in [1.54, 1.807) is 51.2 Å². The molecule has 0 saturated carbocycles. The first-order valence-electron chi connectivity index (χ1n) is 40.4. The van der Waals surface area contributed by atoms with Crippen molar-refractivity contribution in [2.45, 2.75) is 160 Å². The summed E-state index contributed by atoms with van der Waals surface area (Å²) in [5.74, 6) is 0. The van der Waals surface area contributed by atoms with Crippen LogP contribution in [0.2, 0.25) is 0 Å². The number of ether oxygens (including phenoxy) is 3. The van der Waals surface area contributed by atoms with Crippen molar-refractivity contribution < 1.29 is 43.0 Å². The minimum absolute atomic E-state index is 0.129. The topological polar surface area (TPSA) is 169 Å². The van der Waals surface area contributed by atoms with E-state index < -0.39 is 6.10 Å². The molecule has 0 aliphatic rings. The Hall–Kier alpha value is -9.96. The van der Waals surface area contributed by atoms with Crippen LogP contribution in [0.4, 0.5) is 97.0 Å². The molecular weight excluding hydrogens is 1380 g/mol. The summed E-state index contributed by atoms with van der Waals surface area (Å²) in [6.45, 7) is 30.7. The predicted molar refractivity (Wildman–Crippen MR) is 457 cm³/mol. The van der Waals surface area contributed by atoms with E-state index in [-0.39, 0.29) is 49.3 Å². The summed E-state index contributed by atoms with van der Waals surface area (Å²) in [5, 5.41) is 0. The average Bonchev–Trinajstić information content (AvgIpc) is 0.805. The highest BCUT2D eigenvalue weighted by atomic mass is 16.5. The van der Waals surface area contributed by atoms with Crippen LogP contribution in [0.25, 0.3) is 0 Å². The standard InChI is InChI=1S/C89H124N12O9/c1-14-50-90(72-36-27-25-28-37-72)84(102)92(52-16-3)74-40-31-42-76(65-74)94(54-18-5)86(104)96(56-20-7)78-44-33-45-79(67-78)97(57-21-8)88(106)99(59-23-10)82-48-35-49-83(69-82)101(70-71(12)110-64-63-109-62-61-108-13)89(107)100(60-24-11)81-47-34-46-80(68-81)98(58-22-9)87(105)95(55-19-6)77-43-32-41-75(66-77)93(53-17-4)85(103)91(51-15-2)73-38-29-26-30-39-73/h25-49,65-69,71H,14-24,50-64,70H2,1-13H3/t71-/m1/s1. The highest BCUT2D eigenvalue weighted by Gasteiger charge is 2.33. The maximum atomic E-state index is 16.0. The molecular formula is C89H124N12O9. The molecule has 0 aliphatic heterocycles. The third-order valence-electron chi connectivity index (χ3n) is 18.6. The molecule has 0 aromatic heterocycles. The van der Waals surface area contributed by atoms with Gasteiger partial charge < -0.3 is 14.2 Å². The number of hydrogen-bond donors (Lipinski definition) is 0. The number of amides is 12. The van der Waals surface area contributed by atoms with Crippen LogP contribution in [0.3, 0.4) is 0 Å². The molecule has 0 aliphatic carbocycles. The van der Waals surface area contributed by atoms with Gasteiger partial charge in [0, 0.05) is 147 Å². The fraction of sp³-hybridized carbons (Fsp3) is 0.461. The van der Waals surface area contributed by atoms with Crippen molar-refractivity contribution in [3.63, 3.8) is 0 Å². The Labute approximate surface area is 656 Å². The quantitative estimate of drug-likeness (QED) is 0.0338. The van der Waals surface area contributed by atoms with Crippen molar-refractivity contribution in [2.75, 3.05) is 171 Å². The van der Waals surface area contributed by atoms with Crippen LogP contribution in [-0.2, 0) is 14.2 Å². The van der Waals surface area contributed by atoms with Gasteiger partial charge in [-0.1, -0.05) is 143 Å². The summed E-state index contributed by atoms with van der Waals surface area (Å²) in [6, 6.07) is 56.4. The summed E-state index contributed by atoms with van der Waals surface area (Å²) < 4.78 is 17.4. The van der Waals surface area contributed by atoms with E-state index >= 15 is 19.2 Å². The Morgan fingerprint density at radius 1 is 0.245 bits per heavy atom. The summed E-state index contributed by atoms with van der Waals surface area (Å²) >= 11 is 0. The van der Waals surface area contributed by atoms with Crippen molar-refractivity contribution in [1.82, 2.24) is 0 Å². The molecule has 0 radical (unpaired) electrons. The first kappa shape index (κ1) is 87.3. The molecule has 0 N–H and O–H groups in total. The number of benzene rings is 7. The monoisotopic (exact) mass is 1500 g/mol. The van der Waals surface area contributed by atoms with Gasteiger partial charge in [0.2, 0.25) is 0 Å². The number of anilines is 12. The second kappa shape index (κ2) is 46.5. The van der Waals surface area contributed by atoms with Crippen LogP contribution < -0.4 is 58.8 Å². The zero-order valence-electron chi connectivity index (χ0n) is 68.0. The minimum Gasteiger partial charge on any atom is -0.382 e. The average molecular weight is 1510 g/mol. The van der Waals surface area contributed by atoms with E-state index in [0.29, 0.717) is 194 Å². The van der Waals surface area contributed by atoms with Gasteiger partial charge in [0.05, 0.1) is 39.1 Å². The van der Waals surface area contributed by atoms with Crippen LogP contribution in [0.5, 0.6) is 0 Å². The van der Waals surface area contributed by atoms with Crippen molar-refractivity contribution in [1.29, 1.82) is 0 Å². The molecule has 7 aromatic carbocycles. The molecule has 594 valence electrons. The van der Waals surface area contributed by atoms with Crippen LogP contribution in [-0.4, -0.2) is 154 Å². The molecule has 0 heterocycles. The third-order valence-corrected chi connectivity index (χ3v) is 18.6. The molecule has 7 aromatic rings. The normalized spacial score (nSPS) is 11.3. The van der Waals surface area contributed by atoms with Gasteiger partial charge in [0.25, 0.3) is 0 Å². The fourth-order valence-electron chi connectivity index (χ4n) is 13.5. The highest BCUT2D eigenvalue weighted by molar-refractivity contribution is 6.10. The van der Waals surface area contributed by atoms with Gasteiger partial charge in [-0.05, 0) is 193 Å². The number of hydrogen-bond acceptors (Lipinski definition) is 9. The highest BCUT2D eigenvalue weighted by Crippen LogP contribution is 2.35. The van der Waals surface area contributed by atoms with Gasteiger partial charge in [-0.3, -0.25) is 58.8 Å². The van der Waals surface area contributed by atoms with Gasteiger partial charge in [0.15, 0.2) is 0 Å². The van der Waals surface area contributed by atoms with Gasteiger partial charge in [-0.25, -0.2) is 28.8 Å². The van der Waals surface area contributed by atoms with E-state index in [0.717, 1.165) is 37.1 Å². The van der Waals surface area contributed by atoms with Crippen molar-refractivity contribution >= 4 is 104 Å². The number of rotatable bonds is 43. The number of nitrogens with zero attached hydrogens (tertiary/aromatic N) is 12. The smallest absolute Gasteiger partial charge is 0.329 e. The van der Waals surface area contributed by atoms with E-state index in [4.69, 9.17) is 14.2 Å². The van der Waals surface area contributed by atoms with E-state index in [9.17, 15) is 9.59 Å². The Morgan fingerprint density at radius 3 is 0.636 bits per heavy atom. The van der Waals surface area contributed by atoms with Gasteiger partial charge in [-0.2, -0.15) is 0 Å². The molecule has 0 spiro atoms. The zero-order chi connectivity index (χ0) is 79.3. The van der Waals surface area contributed by atoms with Crippen LogP contribution >= 0.6 is 0 Å². The molecule has 21 heteroatoms. The predicted octanol–water partition coefficient (Wildman–Crippen LogP) is 20.9. The van der Waals surface area contributed by atoms with E-state index in [1.807, 2.05) is 252 Å². The van der Waals surface area contributed by atoms with Crippen LogP contribution in [0.1, 0.15) is 154 Å². The lowest BCUT2D eigenvalue weighted by molar-refractivity contribution is 0.00234. The van der Waals surface area contributed by atoms with Crippen molar-refractivity contribution in [3.8, 4) is 0 Å². The molecule has 110 heavy (non-hydrogen) atoms. The van der Waals surface area contributed by atoms with Gasteiger partial charge in [0.1, 0.15) is 0 Å². The minimum atomic E-state index is -0.483. The molecule has 0 unspecified atom stereocenters. The number of carbonyl (C=O) groups is 6. The Balaban J connectivity index is 1.22. The lowest BCUT2D eigenvalue weighted by Crippen LogP contribution is -2.48. The number of methoxy groups -OCH3 is 1. The number of urea groups is 6. The van der Waals surface area contributed by atoms with E-state index in [1.165, 1.54) is 0 Å². The molecule has 0 fully saturated rings. The van der Waals surface area contributed by atoms with E-state index in [2.05, 4.69) is 27.7 Å². The molecule has 7 rings (SSSR count). The first-order chi connectivity index (χ1) is 53.5. The SMILES string of the molecule is CCCN(C(=O)N(CCC)c1cccc(N(CCC)C(=O)N(CCC)c2cccc(N(CCC)C(=O)N(CCC)c3cccc(N(C[C@@H](C)OCCOCCOC)C(=O)N(CCC)c4cccc(N(CCC)C(=O)N(CCC)c5cccc(N(CCC)C(=O)N(CCC)c6ccccc6)c5)c4)c3)c2)c1)c1ccccc1. The zero-order valence-corrected chi connectivity index (χ0v) is 68.0. The Morgan fingerprint density at radius 2 is 0.427 bits per heavy atom. The lowest BCUT2D eigenvalue weighted by Gasteiger charge is -2.35. The second-order valence-electron chi connectivity index (χ2n) is 27.5. The maximum absolute atomic E-state index is 16.0. The molecule has 1 atom stereocenters. The van der Waals surface area contributed by atoms with Crippen molar-refractivity contribution in [2.24, 2.45) is 0 Å². The maximum Gasteiger partial charge on any atom is 0.329 e. The molecule has 21 nitrogen and oxygen atoms in total. The lowest BCUT2D eigenvalue weighted by atomic mass is 10.2. The fourth-order valence-corrected chi connectivity index (χ4v) is 13.5. The summed E-state index contributed by atoms with van der Waals surface area (Å²) in [4.78, 5) is 113. The molecule has 12 amide bonds. The Bertz CT molecular complexity index is 3940. The summed E-state index contributed by atoms with van der Waals surface area (Å²) in [6.07, 6.45) is 7.00. The molecule has 0 saturated heterocycles. The number of carbonyl (C=O) groups excluding carboxylic acids is 6. The number of para-hydroxylation sites is 2. The Kier molecular flexibility index (Phi) is 36.9. The third kappa shape index (κ3) is 23.8. The van der Waals surface area contributed by atoms with Gasteiger partial charge >= 0.3 is 36.2 Å². The van der Waals surface area contributed by atoms with Gasteiger partial charge in [-0.15, -0.1) is 0 Å². The summed E-state index contributed by atoms with van der Waals surface area (Å²) in [5.41, 5.74) is 7.93. The first-order valence-corrected chi connectivity index (χ1v) is 40.4. The second-order valence-corrected chi connectivity index (χ2v) is 27.5. The van der Waals surface area contributed by atoms with Crippen molar-refractivity contribution in [3.05, 3.63) is 182 Å². The summed E-state index contributed by atoms with van der Waals surface area (Å²) in [7, 11) is 1.63. The van der Waals surface area contributed by atoms with Crippen LogP contribution in [0, 0.1) is 0 Å². The van der Waals surface area contributed by atoms with Crippen LogP contribution in [0.15, 0.2) is 182 Å².